The van der Waals surface area contributed by atoms with Crippen LogP contribution in [-0.4, -0.2) is 80.6 Å². The van der Waals surface area contributed by atoms with Crippen LogP contribution in [0.15, 0.2) is 0 Å². The van der Waals surface area contributed by atoms with Crippen molar-refractivity contribution in [2.45, 2.75) is 18.4 Å². The Balaban J connectivity index is 1.45. The van der Waals surface area contributed by atoms with Crippen LogP contribution in [0.25, 0.3) is 0 Å². The highest BCUT2D eigenvalue weighted by molar-refractivity contribution is 7.99. The molecule has 0 aliphatic carbocycles. The van der Waals surface area contributed by atoms with Gasteiger partial charge in [-0.2, -0.15) is 11.8 Å². The highest BCUT2D eigenvalue weighted by Gasteiger charge is 2.40. The van der Waals surface area contributed by atoms with Crippen LogP contribution < -0.4 is 10.6 Å². The van der Waals surface area contributed by atoms with Gasteiger partial charge in [0.05, 0.1) is 19.8 Å². The molecule has 0 aromatic carbocycles. The third kappa shape index (κ3) is 4.07. The van der Waals surface area contributed by atoms with Crippen molar-refractivity contribution in [3.8, 4) is 0 Å². The Hall–Kier alpha value is -0.500. The molecule has 3 heterocycles. The Morgan fingerprint density at radius 1 is 1.23 bits per heavy atom. The number of hydrogen-bond donors (Lipinski definition) is 2. The van der Waals surface area contributed by atoms with E-state index in [1.807, 2.05) is 11.8 Å². The predicted octanol–water partition coefficient (Wildman–Crippen LogP) is 0.530. The van der Waals surface area contributed by atoms with E-state index in [1.165, 1.54) is 5.75 Å². The lowest BCUT2D eigenvalue weighted by Gasteiger charge is -2.43. The Morgan fingerprint density at radius 2 is 2.09 bits per heavy atom. The zero-order valence-corrected chi connectivity index (χ0v) is 14.0. The Labute approximate surface area is 136 Å². The summed E-state index contributed by atoms with van der Waals surface area (Å²) in [7, 11) is 0. The summed E-state index contributed by atoms with van der Waals surface area (Å²) in [6.07, 6.45) is 2.20. The highest BCUT2D eigenvalue weighted by atomic mass is 32.2. The van der Waals surface area contributed by atoms with Crippen molar-refractivity contribution < 1.29 is 14.3 Å². The first-order valence-corrected chi connectivity index (χ1v) is 9.44. The second-order valence-corrected chi connectivity index (χ2v) is 7.52. The molecule has 22 heavy (non-hydrogen) atoms. The average molecular weight is 329 g/mol. The minimum atomic E-state index is -0.0450. The van der Waals surface area contributed by atoms with Gasteiger partial charge in [0.2, 0.25) is 0 Å². The van der Waals surface area contributed by atoms with Crippen molar-refractivity contribution >= 4 is 17.8 Å². The third-order valence-corrected chi connectivity index (χ3v) is 6.15. The Bertz CT molecular complexity index is 365. The molecule has 3 rings (SSSR count). The van der Waals surface area contributed by atoms with Crippen LogP contribution in [0.4, 0.5) is 4.79 Å². The maximum absolute atomic E-state index is 12.1. The van der Waals surface area contributed by atoms with Crippen LogP contribution in [0.1, 0.15) is 12.8 Å². The second-order valence-electron chi connectivity index (χ2n) is 6.42. The maximum Gasteiger partial charge on any atom is 0.314 e. The lowest BCUT2D eigenvalue weighted by atomic mass is 9.95. The Kier molecular flexibility index (Phi) is 5.84. The van der Waals surface area contributed by atoms with Crippen LogP contribution in [0, 0.1) is 5.92 Å². The smallest absolute Gasteiger partial charge is 0.314 e. The molecule has 7 heteroatoms. The van der Waals surface area contributed by atoms with E-state index in [2.05, 4.69) is 15.5 Å². The van der Waals surface area contributed by atoms with E-state index >= 15 is 0 Å². The van der Waals surface area contributed by atoms with E-state index < -0.39 is 0 Å². The summed E-state index contributed by atoms with van der Waals surface area (Å²) in [4.78, 5) is 14.6. The van der Waals surface area contributed by atoms with Crippen molar-refractivity contribution in [3.63, 3.8) is 0 Å². The monoisotopic (exact) mass is 329 g/mol. The van der Waals surface area contributed by atoms with Crippen LogP contribution >= 0.6 is 11.8 Å². The zero-order chi connectivity index (χ0) is 15.3. The molecular formula is C15H27N3O3S. The van der Waals surface area contributed by atoms with Crippen molar-refractivity contribution in [2.24, 2.45) is 5.92 Å². The fourth-order valence-corrected chi connectivity index (χ4v) is 4.90. The van der Waals surface area contributed by atoms with Gasteiger partial charge >= 0.3 is 6.03 Å². The highest BCUT2D eigenvalue weighted by Crippen LogP contribution is 2.33. The lowest BCUT2D eigenvalue weighted by molar-refractivity contribution is -0.0124. The molecule has 0 bridgehead atoms. The van der Waals surface area contributed by atoms with Crippen molar-refractivity contribution in [3.05, 3.63) is 0 Å². The molecular weight excluding hydrogens is 302 g/mol. The number of rotatable bonds is 5. The quantitative estimate of drug-likeness (QED) is 0.770. The number of nitrogens with one attached hydrogen (secondary N) is 2. The molecule has 0 radical (unpaired) electrons. The first-order valence-electron chi connectivity index (χ1n) is 8.28. The minimum Gasteiger partial charge on any atom is -0.381 e. The molecule has 0 unspecified atom stereocenters. The van der Waals surface area contributed by atoms with Gasteiger partial charge in [0.15, 0.2) is 0 Å². The average Bonchev–Trinajstić information content (AvgIpc) is 3.24. The summed E-state index contributed by atoms with van der Waals surface area (Å²) in [5.74, 6) is 2.75. The van der Waals surface area contributed by atoms with Crippen molar-refractivity contribution in [1.29, 1.82) is 0 Å². The normalized spacial score (nSPS) is 33.0. The zero-order valence-electron chi connectivity index (χ0n) is 13.1. The van der Waals surface area contributed by atoms with Gasteiger partial charge in [-0.1, -0.05) is 0 Å². The standard InChI is InChI=1S/C15H27N3O3S/c19-14(16-9-13-1-5-21-10-13)17-11-15(2-8-22-12-15)18-3-6-20-7-4-18/h13H,1-12H2,(H2,16,17,19)/t13-,15-/m0/s1. The van der Waals surface area contributed by atoms with Gasteiger partial charge < -0.3 is 20.1 Å². The first-order chi connectivity index (χ1) is 10.8. The number of nitrogens with zero attached hydrogens (tertiary/aromatic N) is 1. The number of carbonyl (C=O) groups is 1. The van der Waals surface area contributed by atoms with Gasteiger partial charge in [0, 0.05) is 50.0 Å². The predicted molar refractivity (Wildman–Crippen MR) is 87.4 cm³/mol. The topological polar surface area (TPSA) is 62.8 Å². The van der Waals surface area contributed by atoms with Gasteiger partial charge in [0.1, 0.15) is 0 Å². The van der Waals surface area contributed by atoms with Gasteiger partial charge in [0.25, 0.3) is 0 Å². The SMILES string of the molecule is O=C(NC[C@@H]1CCOC1)NC[C@@]1(N2CCOCC2)CCSC1. The van der Waals surface area contributed by atoms with Crippen molar-refractivity contribution in [1.82, 2.24) is 15.5 Å². The number of thioether (sulfide) groups is 1. The number of morpholine rings is 1. The lowest BCUT2D eigenvalue weighted by Crippen LogP contribution is -2.60. The molecule has 126 valence electrons. The van der Waals surface area contributed by atoms with Crippen LogP contribution in [-0.2, 0) is 9.47 Å². The minimum absolute atomic E-state index is 0.0450. The van der Waals surface area contributed by atoms with Gasteiger partial charge in [-0.05, 0) is 18.6 Å². The van der Waals surface area contributed by atoms with E-state index in [0.717, 1.165) is 64.7 Å². The molecule has 2 atom stereocenters. The molecule has 0 saturated carbocycles. The largest absolute Gasteiger partial charge is 0.381 e. The van der Waals surface area contributed by atoms with E-state index in [0.29, 0.717) is 12.5 Å². The van der Waals surface area contributed by atoms with Crippen LogP contribution in [0.2, 0.25) is 0 Å². The fraction of sp³-hybridized carbons (Fsp3) is 0.933. The third-order valence-electron chi connectivity index (χ3n) is 4.92. The molecule has 3 aliphatic rings. The number of urea groups is 1. The van der Waals surface area contributed by atoms with E-state index in [-0.39, 0.29) is 11.6 Å². The van der Waals surface area contributed by atoms with E-state index in [1.54, 1.807) is 0 Å². The number of hydrogen-bond acceptors (Lipinski definition) is 5. The van der Waals surface area contributed by atoms with E-state index in [9.17, 15) is 4.79 Å². The summed E-state index contributed by atoms with van der Waals surface area (Å²) in [6, 6.07) is -0.0450. The summed E-state index contributed by atoms with van der Waals surface area (Å²) >= 11 is 1.99. The van der Waals surface area contributed by atoms with Gasteiger partial charge in [-0.3, -0.25) is 4.90 Å². The molecule has 2 amide bonds. The first kappa shape index (κ1) is 16.4. The van der Waals surface area contributed by atoms with Crippen LogP contribution in [0.5, 0.6) is 0 Å². The number of carbonyl (C=O) groups excluding carboxylic acids is 1. The molecule has 6 nitrogen and oxygen atoms in total. The molecule has 3 fully saturated rings. The summed E-state index contributed by atoms with van der Waals surface area (Å²) in [5, 5.41) is 6.09. The van der Waals surface area contributed by atoms with Crippen molar-refractivity contribution in [2.75, 3.05) is 64.1 Å². The summed E-state index contributed by atoms with van der Waals surface area (Å²) < 4.78 is 10.8. The van der Waals surface area contributed by atoms with E-state index in [4.69, 9.17) is 9.47 Å². The molecule has 2 N–H and O–H groups in total. The second kappa shape index (κ2) is 7.86. The van der Waals surface area contributed by atoms with Gasteiger partial charge in [-0.25, -0.2) is 4.79 Å². The molecule has 0 aromatic heterocycles. The van der Waals surface area contributed by atoms with Gasteiger partial charge in [-0.15, -0.1) is 0 Å². The molecule has 3 saturated heterocycles. The molecule has 0 aromatic rings. The summed E-state index contributed by atoms with van der Waals surface area (Å²) in [5.41, 5.74) is 0.113. The Morgan fingerprint density at radius 3 is 2.77 bits per heavy atom. The maximum atomic E-state index is 12.1. The number of ether oxygens (including phenoxy) is 2. The summed E-state index contributed by atoms with van der Waals surface area (Å²) in [6.45, 7) is 6.60. The number of amides is 2. The fourth-order valence-electron chi connectivity index (χ4n) is 3.42. The van der Waals surface area contributed by atoms with Crippen LogP contribution in [0.3, 0.4) is 0 Å². The molecule has 0 spiro atoms. The molecule has 3 aliphatic heterocycles.